The van der Waals surface area contributed by atoms with E-state index in [1.807, 2.05) is 30.3 Å². The van der Waals surface area contributed by atoms with Crippen molar-refractivity contribution in [3.63, 3.8) is 0 Å². The van der Waals surface area contributed by atoms with Crippen LogP contribution in [0, 0.1) is 11.8 Å². The molecule has 1 aromatic carbocycles. The molecule has 72 valence electrons. The van der Waals surface area contributed by atoms with E-state index in [1.165, 1.54) is 0 Å². The molecule has 4 heteroatoms. The van der Waals surface area contributed by atoms with Crippen LogP contribution in [0.5, 0.6) is 0 Å². The van der Waals surface area contributed by atoms with Crippen LogP contribution in [0.3, 0.4) is 0 Å². The van der Waals surface area contributed by atoms with Crippen LogP contribution in [-0.4, -0.2) is 11.5 Å². The predicted octanol–water partition coefficient (Wildman–Crippen LogP) is 2.09. The topological polar surface area (TPSA) is 46.5 Å². The van der Waals surface area contributed by atoms with Gasteiger partial charge in [0, 0.05) is 16.5 Å². The minimum absolute atomic E-state index is 0.186. The second kappa shape index (κ2) is 6.28. The lowest BCUT2D eigenvalue weighted by Gasteiger charge is -1.85. The van der Waals surface area contributed by atoms with E-state index >= 15 is 0 Å². The minimum Gasteiger partial charge on any atom is -0.133 e. The van der Waals surface area contributed by atoms with Gasteiger partial charge in [-0.1, -0.05) is 30.0 Å². The molecule has 0 radical (unpaired) electrons. The van der Waals surface area contributed by atoms with Gasteiger partial charge in [0.15, 0.2) is 0 Å². The highest BCUT2D eigenvalue weighted by Gasteiger charge is 2.09. The lowest BCUT2D eigenvalue weighted by molar-refractivity contribution is 0.289. The van der Waals surface area contributed by atoms with Crippen LogP contribution < -0.4 is 0 Å². The molecule has 1 aromatic rings. The highest BCUT2D eigenvalue weighted by atomic mass is 31.1. The van der Waals surface area contributed by atoms with Crippen LogP contribution >= 0.6 is 8.25 Å². The van der Waals surface area contributed by atoms with Crippen LogP contribution in [0.2, 0.25) is 0 Å². The zero-order valence-electron chi connectivity index (χ0n) is 7.51. The molecule has 1 rings (SSSR count). The molecule has 0 aromatic heterocycles. The van der Waals surface area contributed by atoms with Gasteiger partial charge in [-0.3, -0.25) is 0 Å². The van der Waals surface area contributed by atoms with Crippen LogP contribution in [0.15, 0.2) is 30.3 Å². The summed E-state index contributed by atoms with van der Waals surface area (Å²) in [5, 5.41) is 0. The quantitative estimate of drug-likeness (QED) is 0.471. The summed E-state index contributed by atoms with van der Waals surface area (Å²) in [6.45, 7) is 0.186. The normalized spacial score (nSPS) is 10.2. The summed E-state index contributed by atoms with van der Waals surface area (Å²) in [7, 11) is -2.49. The number of rotatable bonds is 3. The van der Waals surface area contributed by atoms with E-state index in [1.54, 1.807) is 0 Å². The Bertz CT molecular complexity index is 351. The maximum absolute atomic E-state index is 10.1. The van der Waals surface area contributed by atoms with E-state index in [2.05, 4.69) is 16.4 Å². The highest BCUT2D eigenvalue weighted by Crippen LogP contribution is 2.13. The van der Waals surface area contributed by atoms with E-state index < -0.39 is 8.25 Å². The largest absolute Gasteiger partial charge is 0.694 e. The molecule has 0 fully saturated rings. The molecule has 1 N–H and O–H groups in total. The summed E-state index contributed by atoms with van der Waals surface area (Å²) in [6, 6.07) is 9.54. The van der Waals surface area contributed by atoms with Crippen molar-refractivity contribution in [2.45, 2.75) is 6.42 Å². The first-order valence-electron chi connectivity index (χ1n) is 4.12. The molecular weight excluding hydrogens is 199 g/mol. The van der Waals surface area contributed by atoms with Crippen molar-refractivity contribution >= 4 is 8.25 Å². The van der Waals surface area contributed by atoms with Gasteiger partial charge in [0.25, 0.3) is 0 Å². The third-order valence-electron chi connectivity index (χ3n) is 1.44. The van der Waals surface area contributed by atoms with Gasteiger partial charge >= 0.3 is 8.25 Å². The van der Waals surface area contributed by atoms with Gasteiger partial charge in [0.1, 0.15) is 6.61 Å². The monoisotopic (exact) mass is 209 g/mol. The van der Waals surface area contributed by atoms with Gasteiger partial charge < -0.3 is 0 Å². The van der Waals surface area contributed by atoms with Crippen LogP contribution in [-0.2, 0) is 9.09 Å². The van der Waals surface area contributed by atoms with Gasteiger partial charge in [0.05, 0.1) is 0 Å². The third-order valence-corrected chi connectivity index (χ3v) is 1.84. The van der Waals surface area contributed by atoms with Gasteiger partial charge in [0.2, 0.25) is 0 Å². The average Bonchev–Trinajstić information content (AvgIpc) is 2.18. The molecule has 0 bridgehead atoms. The Morgan fingerprint density at radius 3 is 2.71 bits per heavy atom. The molecule has 0 saturated heterocycles. The Hall–Kier alpha value is -1.20. The van der Waals surface area contributed by atoms with Crippen molar-refractivity contribution in [2.75, 3.05) is 6.61 Å². The molecule has 0 heterocycles. The predicted molar refractivity (Wildman–Crippen MR) is 53.7 cm³/mol. The van der Waals surface area contributed by atoms with E-state index in [-0.39, 0.29) is 6.61 Å². The summed E-state index contributed by atoms with van der Waals surface area (Å²) in [6.07, 6.45) is 0.455. The fourth-order valence-corrected chi connectivity index (χ4v) is 1.11. The molecule has 14 heavy (non-hydrogen) atoms. The third kappa shape index (κ3) is 4.74. The Labute approximate surface area is 83.7 Å². The molecule has 0 amide bonds. The maximum atomic E-state index is 10.1. The summed E-state index contributed by atoms with van der Waals surface area (Å²) < 4.78 is 14.6. The summed E-state index contributed by atoms with van der Waals surface area (Å²) in [4.78, 5) is 8.31. The fraction of sp³-hybridized carbons (Fsp3) is 0.200. The first kappa shape index (κ1) is 10.9. The Kier molecular flexibility index (Phi) is 4.88. The van der Waals surface area contributed by atoms with Crippen molar-refractivity contribution in [1.29, 1.82) is 0 Å². The van der Waals surface area contributed by atoms with Gasteiger partial charge in [-0.2, -0.15) is 0 Å². The molecule has 0 saturated carbocycles. The van der Waals surface area contributed by atoms with Crippen molar-refractivity contribution < 1.29 is 14.0 Å². The Morgan fingerprint density at radius 1 is 1.36 bits per heavy atom. The molecular formula is C10H10O3P+. The zero-order valence-corrected chi connectivity index (χ0v) is 8.41. The molecule has 1 unspecified atom stereocenters. The van der Waals surface area contributed by atoms with Crippen LogP contribution in [0.1, 0.15) is 12.0 Å². The lowest BCUT2D eigenvalue weighted by Crippen LogP contribution is -1.83. The van der Waals surface area contributed by atoms with Crippen LogP contribution in [0.25, 0.3) is 0 Å². The highest BCUT2D eigenvalue weighted by molar-refractivity contribution is 7.32. The molecule has 0 spiro atoms. The number of hydrogen-bond donors (Lipinski definition) is 1. The maximum Gasteiger partial charge on any atom is 0.694 e. The minimum atomic E-state index is -2.49. The van der Waals surface area contributed by atoms with Crippen molar-refractivity contribution in [1.82, 2.24) is 0 Å². The molecule has 1 atom stereocenters. The molecule has 0 aliphatic carbocycles. The van der Waals surface area contributed by atoms with Crippen LogP contribution in [0.4, 0.5) is 0 Å². The number of benzene rings is 1. The molecule has 3 nitrogen and oxygen atoms in total. The number of hydrogen-bond acceptors (Lipinski definition) is 2. The van der Waals surface area contributed by atoms with E-state index in [0.717, 1.165) is 5.56 Å². The van der Waals surface area contributed by atoms with Crippen molar-refractivity contribution in [3.8, 4) is 11.8 Å². The summed E-state index contributed by atoms with van der Waals surface area (Å²) in [5.41, 5.74) is 0.931. The summed E-state index contributed by atoms with van der Waals surface area (Å²) in [5.74, 6) is 5.75. The van der Waals surface area contributed by atoms with E-state index in [9.17, 15) is 4.57 Å². The second-order valence-corrected chi connectivity index (χ2v) is 3.22. The van der Waals surface area contributed by atoms with Gasteiger partial charge in [-0.25, -0.2) is 0 Å². The van der Waals surface area contributed by atoms with E-state index in [0.29, 0.717) is 6.42 Å². The second-order valence-electron chi connectivity index (χ2n) is 2.49. The first-order chi connectivity index (χ1) is 6.79. The molecule has 0 aliphatic heterocycles. The van der Waals surface area contributed by atoms with Gasteiger partial charge in [-0.05, 0) is 12.1 Å². The average molecular weight is 209 g/mol. The fourth-order valence-electron chi connectivity index (χ4n) is 0.861. The smallest absolute Gasteiger partial charge is 0.133 e. The first-order valence-corrected chi connectivity index (χ1v) is 5.25. The Balaban J connectivity index is 2.31. The van der Waals surface area contributed by atoms with E-state index in [4.69, 9.17) is 4.89 Å². The van der Waals surface area contributed by atoms with Crippen molar-refractivity contribution in [3.05, 3.63) is 35.9 Å². The lowest BCUT2D eigenvalue weighted by atomic mass is 10.2. The Morgan fingerprint density at radius 2 is 2.07 bits per heavy atom. The van der Waals surface area contributed by atoms with Gasteiger partial charge in [-0.15, -0.1) is 9.42 Å². The summed E-state index contributed by atoms with van der Waals surface area (Å²) >= 11 is 0. The standard InChI is InChI=1S/C10H9O3P/c11-14(12)13-9-5-4-8-10-6-2-1-3-7-10/h1-3,6-7H,5,9H2/p+1. The van der Waals surface area contributed by atoms with Crippen molar-refractivity contribution in [2.24, 2.45) is 0 Å². The zero-order chi connectivity index (χ0) is 10.2. The SMILES string of the molecule is O=[P+](O)OCCC#Cc1ccccc1. The molecule has 0 aliphatic rings.